The summed E-state index contributed by atoms with van der Waals surface area (Å²) in [4.78, 5) is 25.7. The van der Waals surface area contributed by atoms with Crippen LogP contribution in [0.2, 0.25) is 0 Å². The molecule has 1 atom stereocenters. The number of rotatable bonds is 4. The van der Waals surface area contributed by atoms with Crippen LogP contribution in [0.1, 0.15) is 24.1 Å². The van der Waals surface area contributed by atoms with Crippen molar-refractivity contribution in [1.29, 1.82) is 0 Å². The molecule has 0 radical (unpaired) electrons. The second-order valence-corrected chi connectivity index (χ2v) is 6.42. The monoisotopic (exact) mass is 391 g/mol. The van der Waals surface area contributed by atoms with Gasteiger partial charge in [-0.15, -0.1) is 12.4 Å². The predicted molar refractivity (Wildman–Crippen MR) is 105 cm³/mol. The van der Waals surface area contributed by atoms with Crippen LogP contribution in [0.3, 0.4) is 0 Å². The van der Waals surface area contributed by atoms with Crippen molar-refractivity contribution in [3.8, 4) is 0 Å². The minimum absolute atomic E-state index is 0. The molecule has 2 N–H and O–H groups in total. The topological polar surface area (TPSA) is 61.4 Å². The number of nitrogens with one attached hydrogen (secondary N) is 2. The van der Waals surface area contributed by atoms with Crippen molar-refractivity contribution in [2.75, 3.05) is 25.0 Å². The van der Waals surface area contributed by atoms with Gasteiger partial charge >= 0.3 is 0 Å². The first-order valence-corrected chi connectivity index (χ1v) is 8.65. The van der Waals surface area contributed by atoms with Gasteiger partial charge in [-0.3, -0.25) is 9.59 Å². The quantitative estimate of drug-likeness (QED) is 0.842. The van der Waals surface area contributed by atoms with Crippen molar-refractivity contribution in [3.63, 3.8) is 0 Å². The van der Waals surface area contributed by atoms with Gasteiger partial charge in [0.05, 0.1) is 12.5 Å². The first-order valence-electron chi connectivity index (χ1n) is 8.65. The molecule has 1 saturated heterocycles. The second kappa shape index (κ2) is 9.48. The van der Waals surface area contributed by atoms with Gasteiger partial charge in [-0.2, -0.15) is 0 Å². The van der Waals surface area contributed by atoms with Crippen molar-refractivity contribution in [2.45, 2.75) is 19.4 Å². The van der Waals surface area contributed by atoms with Gasteiger partial charge in [0.1, 0.15) is 5.82 Å². The highest BCUT2D eigenvalue weighted by atomic mass is 35.5. The highest BCUT2D eigenvalue weighted by molar-refractivity contribution is 5.88. The van der Waals surface area contributed by atoms with E-state index in [1.807, 2.05) is 23.1 Å². The third-order valence-corrected chi connectivity index (χ3v) is 4.43. The van der Waals surface area contributed by atoms with Gasteiger partial charge in [-0.05, 0) is 35.4 Å². The van der Waals surface area contributed by atoms with E-state index < -0.39 is 0 Å². The van der Waals surface area contributed by atoms with Crippen LogP contribution < -0.4 is 10.6 Å². The van der Waals surface area contributed by atoms with E-state index in [2.05, 4.69) is 10.6 Å². The molecule has 2 aromatic carbocycles. The number of benzene rings is 2. The Labute approximate surface area is 164 Å². The van der Waals surface area contributed by atoms with Gasteiger partial charge in [0.2, 0.25) is 11.8 Å². The van der Waals surface area contributed by atoms with Gasteiger partial charge in [-0.25, -0.2) is 4.39 Å². The first kappa shape index (κ1) is 20.9. The van der Waals surface area contributed by atoms with E-state index in [0.29, 0.717) is 18.8 Å². The summed E-state index contributed by atoms with van der Waals surface area (Å²) in [7, 11) is 0. The second-order valence-electron chi connectivity index (χ2n) is 6.42. The molecule has 7 heteroatoms. The van der Waals surface area contributed by atoms with E-state index in [-0.39, 0.29) is 42.5 Å². The summed E-state index contributed by atoms with van der Waals surface area (Å²) >= 11 is 0. The van der Waals surface area contributed by atoms with Crippen molar-refractivity contribution in [2.24, 2.45) is 0 Å². The van der Waals surface area contributed by atoms with Crippen LogP contribution >= 0.6 is 12.4 Å². The van der Waals surface area contributed by atoms with E-state index in [0.717, 1.165) is 17.7 Å². The number of nitrogens with zero attached hydrogens (tertiary/aromatic N) is 1. The molecule has 0 aliphatic carbocycles. The third kappa shape index (κ3) is 5.52. The zero-order valence-corrected chi connectivity index (χ0v) is 15.9. The van der Waals surface area contributed by atoms with E-state index in [9.17, 15) is 14.0 Å². The molecule has 1 aliphatic heterocycles. The molecule has 3 rings (SSSR count). The van der Waals surface area contributed by atoms with E-state index in [1.165, 1.54) is 19.1 Å². The number of hydrogen-bond donors (Lipinski definition) is 2. The Bertz CT molecular complexity index is 798. The summed E-state index contributed by atoms with van der Waals surface area (Å²) in [5, 5.41) is 5.98. The highest BCUT2D eigenvalue weighted by Gasteiger charge is 2.27. The molecule has 1 unspecified atom stereocenters. The van der Waals surface area contributed by atoms with Gasteiger partial charge in [0.15, 0.2) is 0 Å². The third-order valence-electron chi connectivity index (χ3n) is 4.43. The fourth-order valence-electron chi connectivity index (χ4n) is 3.20. The normalized spacial score (nSPS) is 16.4. The Hall–Kier alpha value is -2.44. The lowest BCUT2D eigenvalue weighted by molar-refractivity contribution is -0.133. The van der Waals surface area contributed by atoms with Gasteiger partial charge in [0, 0.05) is 32.2 Å². The first-order chi connectivity index (χ1) is 12.5. The predicted octanol–water partition coefficient (Wildman–Crippen LogP) is 2.92. The number of carbonyl (C=O) groups is 2. The Kier molecular flexibility index (Phi) is 7.33. The van der Waals surface area contributed by atoms with Gasteiger partial charge in [-0.1, -0.05) is 24.3 Å². The van der Waals surface area contributed by atoms with Crippen LogP contribution in [0.15, 0.2) is 48.5 Å². The lowest BCUT2D eigenvalue weighted by Crippen LogP contribution is -2.49. The summed E-state index contributed by atoms with van der Waals surface area (Å²) in [6.45, 7) is 3.37. The fraction of sp³-hybridized carbons (Fsp3) is 0.300. The average molecular weight is 392 g/mol. The molecule has 0 aromatic heterocycles. The number of amides is 2. The Morgan fingerprint density at radius 3 is 2.63 bits per heavy atom. The summed E-state index contributed by atoms with van der Waals surface area (Å²) in [6.07, 6.45) is 0.270. The van der Waals surface area contributed by atoms with Crippen LogP contribution in [-0.4, -0.2) is 36.3 Å². The van der Waals surface area contributed by atoms with E-state index >= 15 is 0 Å². The minimum Gasteiger partial charge on any atom is -0.333 e. The molecule has 2 aromatic rings. The molecular weight excluding hydrogens is 369 g/mol. The zero-order valence-electron chi connectivity index (χ0n) is 15.1. The van der Waals surface area contributed by atoms with Gasteiger partial charge < -0.3 is 15.5 Å². The highest BCUT2D eigenvalue weighted by Crippen LogP contribution is 2.24. The van der Waals surface area contributed by atoms with Crippen molar-refractivity contribution < 1.29 is 14.0 Å². The number of anilines is 1. The zero-order chi connectivity index (χ0) is 18.5. The maximum atomic E-state index is 13.6. The van der Waals surface area contributed by atoms with Crippen LogP contribution in [0.4, 0.5) is 10.1 Å². The summed E-state index contributed by atoms with van der Waals surface area (Å²) < 4.78 is 13.6. The van der Waals surface area contributed by atoms with Crippen LogP contribution in [0.5, 0.6) is 0 Å². The maximum Gasteiger partial charge on any atom is 0.227 e. The number of carbonyl (C=O) groups excluding carboxylic acids is 2. The Morgan fingerprint density at radius 1 is 1.22 bits per heavy atom. The number of piperazine rings is 1. The summed E-state index contributed by atoms with van der Waals surface area (Å²) in [5.41, 5.74) is 2.38. The lowest BCUT2D eigenvalue weighted by atomic mass is 10.0. The molecular formula is C20H23ClFN3O2. The van der Waals surface area contributed by atoms with E-state index in [1.54, 1.807) is 18.2 Å². The Morgan fingerprint density at radius 2 is 1.96 bits per heavy atom. The minimum atomic E-state index is -0.297. The molecule has 5 nitrogen and oxygen atoms in total. The smallest absolute Gasteiger partial charge is 0.227 e. The molecule has 1 aliphatic rings. The van der Waals surface area contributed by atoms with Crippen LogP contribution in [0, 0.1) is 5.82 Å². The molecule has 1 fully saturated rings. The van der Waals surface area contributed by atoms with Gasteiger partial charge in [0.25, 0.3) is 0 Å². The molecule has 0 spiro atoms. The standard InChI is InChI=1S/C20H22FN3O2.ClH/c1-14(25)23-18-7-5-15(6-8-18)11-20(26)24-10-9-22-13-19(24)16-3-2-4-17(21)12-16;/h2-8,12,19,22H,9-11,13H2,1H3,(H,23,25);1H. The maximum absolute atomic E-state index is 13.6. The lowest BCUT2D eigenvalue weighted by Gasteiger charge is -2.36. The molecule has 0 bridgehead atoms. The summed E-state index contributed by atoms with van der Waals surface area (Å²) in [5.74, 6) is -0.422. The average Bonchev–Trinajstić information content (AvgIpc) is 2.63. The molecule has 1 heterocycles. The fourth-order valence-corrected chi connectivity index (χ4v) is 3.20. The largest absolute Gasteiger partial charge is 0.333 e. The van der Waals surface area contributed by atoms with E-state index in [4.69, 9.17) is 0 Å². The molecule has 144 valence electrons. The molecule has 2 amide bonds. The van der Waals surface area contributed by atoms with Crippen molar-refractivity contribution >= 4 is 29.9 Å². The Balaban J connectivity index is 0.00000261. The number of halogens is 2. The number of hydrogen-bond acceptors (Lipinski definition) is 3. The SMILES string of the molecule is CC(=O)Nc1ccc(CC(=O)N2CCNCC2c2cccc(F)c2)cc1.Cl. The van der Waals surface area contributed by atoms with Crippen molar-refractivity contribution in [1.82, 2.24) is 10.2 Å². The van der Waals surface area contributed by atoms with Crippen LogP contribution in [0.25, 0.3) is 0 Å². The van der Waals surface area contributed by atoms with Crippen molar-refractivity contribution in [3.05, 3.63) is 65.5 Å². The van der Waals surface area contributed by atoms with Crippen LogP contribution in [-0.2, 0) is 16.0 Å². The summed E-state index contributed by atoms with van der Waals surface area (Å²) in [6, 6.07) is 13.5. The molecule has 0 saturated carbocycles. The molecule has 27 heavy (non-hydrogen) atoms.